The zero-order valence-electron chi connectivity index (χ0n) is 10.9. The highest BCUT2D eigenvalue weighted by Gasteiger charge is 2.36. The number of aliphatic carboxylic acids is 1. The zero-order valence-corrected chi connectivity index (χ0v) is 10.9. The van der Waals surface area contributed by atoms with Crippen LogP contribution in [0.25, 0.3) is 0 Å². The van der Waals surface area contributed by atoms with Crippen LogP contribution in [0.15, 0.2) is 0 Å². The summed E-state index contributed by atoms with van der Waals surface area (Å²) in [5.74, 6) is -0.877. The fraction of sp³-hybridized carbons (Fsp3) is 0.846. The third-order valence-corrected chi connectivity index (χ3v) is 3.91. The number of carboxylic acids is 1. The molecule has 2 aliphatic carbocycles. The Kier molecular flexibility index (Phi) is 4.22. The lowest BCUT2D eigenvalue weighted by Gasteiger charge is -2.27. The Labute approximate surface area is 108 Å². The summed E-state index contributed by atoms with van der Waals surface area (Å²) in [4.78, 5) is 24.8. The number of hydrogen-bond donors (Lipinski definition) is 2. The summed E-state index contributed by atoms with van der Waals surface area (Å²) in [6.07, 6.45) is 6.49. The number of hydrogen-bond acceptors (Lipinski definition) is 3. The molecule has 0 aromatic rings. The van der Waals surface area contributed by atoms with E-state index in [0.717, 1.165) is 25.7 Å². The van der Waals surface area contributed by atoms with Gasteiger partial charge in [0, 0.05) is 12.1 Å². The predicted octanol–water partition coefficient (Wildman–Crippen LogP) is 0.983. The molecule has 5 heteroatoms. The number of carbonyl (C=O) groups is 2. The molecule has 1 unspecified atom stereocenters. The Morgan fingerprint density at radius 1 is 1.28 bits per heavy atom. The summed E-state index contributed by atoms with van der Waals surface area (Å²) < 4.78 is 0. The first-order valence-corrected chi connectivity index (χ1v) is 6.86. The molecular formula is C13H22N2O3. The largest absolute Gasteiger partial charge is 0.480 e. The highest BCUT2D eigenvalue weighted by Crippen LogP contribution is 2.28. The zero-order chi connectivity index (χ0) is 13.1. The normalized spacial score (nSPS) is 22.1. The van der Waals surface area contributed by atoms with Gasteiger partial charge in [0.25, 0.3) is 0 Å². The van der Waals surface area contributed by atoms with Crippen LogP contribution >= 0.6 is 0 Å². The molecule has 0 radical (unpaired) electrons. The fourth-order valence-corrected chi connectivity index (χ4v) is 2.69. The summed E-state index contributed by atoms with van der Waals surface area (Å²) in [5.41, 5.74) is 0. The Balaban J connectivity index is 1.87. The van der Waals surface area contributed by atoms with Crippen LogP contribution < -0.4 is 5.32 Å². The molecule has 18 heavy (non-hydrogen) atoms. The maximum Gasteiger partial charge on any atom is 0.317 e. The molecule has 0 heterocycles. The van der Waals surface area contributed by atoms with Crippen LogP contribution in [0.3, 0.4) is 0 Å². The van der Waals surface area contributed by atoms with E-state index in [1.165, 1.54) is 12.8 Å². The van der Waals surface area contributed by atoms with Gasteiger partial charge in [-0.05, 0) is 32.6 Å². The van der Waals surface area contributed by atoms with E-state index < -0.39 is 5.97 Å². The summed E-state index contributed by atoms with van der Waals surface area (Å²) in [6, 6.07) is 0.241. The van der Waals surface area contributed by atoms with Crippen LogP contribution in [0.2, 0.25) is 0 Å². The first kappa shape index (κ1) is 13.3. The van der Waals surface area contributed by atoms with Crippen LogP contribution in [-0.2, 0) is 9.59 Å². The fourth-order valence-electron chi connectivity index (χ4n) is 2.69. The SMILES string of the molecule is CC(C(=O)NC1CCCC1)N(CC(=O)O)C1CC1. The number of rotatable bonds is 6. The summed E-state index contributed by atoms with van der Waals surface area (Å²) in [7, 11) is 0. The first-order chi connectivity index (χ1) is 8.58. The van der Waals surface area contributed by atoms with Gasteiger partial charge in [0.2, 0.25) is 5.91 Å². The van der Waals surface area contributed by atoms with Gasteiger partial charge < -0.3 is 10.4 Å². The molecule has 2 saturated carbocycles. The monoisotopic (exact) mass is 254 g/mol. The molecule has 0 aliphatic heterocycles. The predicted molar refractivity (Wildman–Crippen MR) is 67.2 cm³/mol. The number of amides is 1. The molecule has 2 aliphatic rings. The van der Waals surface area contributed by atoms with E-state index in [1.54, 1.807) is 0 Å². The Hall–Kier alpha value is -1.10. The van der Waals surface area contributed by atoms with Crippen molar-refractivity contribution in [1.29, 1.82) is 0 Å². The van der Waals surface area contributed by atoms with Crippen LogP contribution in [-0.4, -0.2) is 46.6 Å². The van der Waals surface area contributed by atoms with Crippen molar-refractivity contribution in [2.75, 3.05) is 6.54 Å². The van der Waals surface area contributed by atoms with Crippen LogP contribution in [0.1, 0.15) is 45.4 Å². The average Bonchev–Trinajstić information content (AvgIpc) is 3.04. The topological polar surface area (TPSA) is 69.6 Å². The lowest BCUT2D eigenvalue weighted by molar-refractivity contribution is -0.140. The molecule has 0 aromatic heterocycles. The van der Waals surface area contributed by atoms with E-state index in [-0.39, 0.29) is 24.5 Å². The summed E-state index contributed by atoms with van der Waals surface area (Å²) in [5, 5.41) is 11.9. The van der Waals surface area contributed by atoms with Crippen molar-refractivity contribution in [3.05, 3.63) is 0 Å². The molecule has 0 saturated heterocycles. The Bertz CT molecular complexity index is 322. The molecule has 0 bridgehead atoms. The number of nitrogens with one attached hydrogen (secondary N) is 1. The van der Waals surface area contributed by atoms with E-state index in [4.69, 9.17) is 5.11 Å². The number of carbonyl (C=O) groups excluding carboxylic acids is 1. The van der Waals surface area contributed by atoms with E-state index >= 15 is 0 Å². The van der Waals surface area contributed by atoms with Crippen molar-refractivity contribution >= 4 is 11.9 Å². The van der Waals surface area contributed by atoms with E-state index in [9.17, 15) is 9.59 Å². The van der Waals surface area contributed by atoms with Gasteiger partial charge in [-0.1, -0.05) is 12.8 Å². The molecule has 102 valence electrons. The van der Waals surface area contributed by atoms with Gasteiger partial charge in [-0.3, -0.25) is 14.5 Å². The molecular weight excluding hydrogens is 232 g/mol. The summed E-state index contributed by atoms with van der Waals surface area (Å²) >= 11 is 0. The molecule has 2 N–H and O–H groups in total. The average molecular weight is 254 g/mol. The number of nitrogens with zero attached hydrogens (tertiary/aromatic N) is 1. The van der Waals surface area contributed by atoms with Gasteiger partial charge in [-0.2, -0.15) is 0 Å². The maximum atomic E-state index is 12.1. The highest BCUT2D eigenvalue weighted by molar-refractivity contribution is 5.82. The first-order valence-electron chi connectivity index (χ1n) is 6.86. The van der Waals surface area contributed by atoms with Gasteiger partial charge in [0.15, 0.2) is 0 Å². The second-order valence-electron chi connectivity index (χ2n) is 5.46. The third-order valence-electron chi connectivity index (χ3n) is 3.91. The molecule has 0 aromatic carbocycles. The van der Waals surface area contributed by atoms with E-state index in [2.05, 4.69) is 5.32 Å². The van der Waals surface area contributed by atoms with Gasteiger partial charge in [-0.25, -0.2) is 0 Å². The minimum atomic E-state index is -0.859. The minimum absolute atomic E-state index is 0.0185. The highest BCUT2D eigenvalue weighted by atomic mass is 16.4. The van der Waals surface area contributed by atoms with E-state index in [0.29, 0.717) is 6.04 Å². The van der Waals surface area contributed by atoms with Gasteiger partial charge in [0.1, 0.15) is 0 Å². The lowest BCUT2D eigenvalue weighted by Crippen LogP contribution is -2.50. The standard InChI is InChI=1S/C13H22N2O3/c1-9(13(18)14-10-4-2-3-5-10)15(8-12(16)17)11-6-7-11/h9-11H,2-8H2,1H3,(H,14,18)(H,16,17). The van der Waals surface area contributed by atoms with Crippen LogP contribution in [0, 0.1) is 0 Å². The quantitative estimate of drug-likeness (QED) is 0.741. The maximum absolute atomic E-state index is 12.1. The Morgan fingerprint density at radius 3 is 2.39 bits per heavy atom. The van der Waals surface area contributed by atoms with Gasteiger partial charge >= 0.3 is 5.97 Å². The second-order valence-corrected chi connectivity index (χ2v) is 5.46. The molecule has 1 atom stereocenters. The molecule has 0 spiro atoms. The lowest BCUT2D eigenvalue weighted by atomic mass is 10.2. The van der Waals surface area contributed by atoms with Crippen molar-refractivity contribution in [3.8, 4) is 0 Å². The van der Waals surface area contributed by atoms with Crippen LogP contribution in [0.4, 0.5) is 0 Å². The molecule has 1 amide bonds. The van der Waals surface area contributed by atoms with Crippen molar-refractivity contribution < 1.29 is 14.7 Å². The minimum Gasteiger partial charge on any atom is -0.480 e. The van der Waals surface area contributed by atoms with Crippen molar-refractivity contribution in [2.24, 2.45) is 0 Å². The van der Waals surface area contributed by atoms with Crippen LogP contribution in [0.5, 0.6) is 0 Å². The van der Waals surface area contributed by atoms with Crippen molar-refractivity contribution in [3.63, 3.8) is 0 Å². The van der Waals surface area contributed by atoms with Gasteiger partial charge in [0.05, 0.1) is 12.6 Å². The summed E-state index contributed by atoms with van der Waals surface area (Å²) in [6.45, 7) is 1.77. The third kappa shape index (κ3) is 3.45. The molecule has 2 fully saturated rings. The van der Waals surface area contributed by atoms with Crippen molar-refractivity contribution in [2.45, 2.75) is 63.6 Å². The van der Waals surface area contributed by atoms with E-state index in [1.807, 2.05) is 11.8 Å². The Morgan fingerprint density at radius 2 is 1.89 bits per heavy atom. The second kappa shape index (κ2) is 5.69. The molecule has 2 rings (SSSR count). The smallest absolute Gasteiger partial charge is 0.317 e. The van der Waals surface area contributed by atoms with Gasteiger partial charge in [-0.15, -0.1) is 0 Å². The van der Waals surface area contributed by atoms with Crippen molar-refractivity contribution in [1.82, 2.24) is 10.2 Å². The molecule has 5 nitrogen and oxygen atoms in total. The number of carboxylic acid groups (broad SMARTS) is 1.